The standard InChI is InChI=1S/C6H18N6P2Te2/c1-7-8(2)14(16)11(5)9(3)13(7,15)10(4)12(14)6/h1-6H3. The predicted octanol–water partition coefficient (Wildman–Crippen LogP) is 0.0416. The third kappa shape index (κ3) is 1.49. The molecule has 94 valence electrons. The molecule has 0 unspecified atom stereocenters. The molecule has 6 nitrogen and oxygen atoms in total. The SMILES string of the molecule is CN1N(C)P2(=[Te])N(C)N(C)P1(=[Te])N(C)N2C. The van der Waals surface area contributed by atoms with Gasteiger partial charge in [0.25, 0.3) is 0 Å². The molecule has 0 aliphatic carbocycles. The Bertz CT molecular complexity index is 321. The number of hydrazine groups is 3. The van der Waals surface area contributed by atoms with E-state index in [4.69, 9.17) is 0 Å². The minimum atomic E-state index is -1.45. The molecule has 10 heteroatoms. The fraction of sp³-hybridized carbons (Fsp3) is 1.00. The summed E-state index contributed by atoms with van der Waals surface area (Å²) in [6, 6.07) is 0. The average Bonchev–Trinajstić information content (AvgIpc) is 2.27. The van der Waals surface area contributed by atoms with E-state index in [1.165, 1.54) is 0 Å². The quantitative estimate of drug-likeness (QED) is 0.350. The molecule has 0 aromatic carbocycles. The molecule has 3 aliphatic heterocycles. The molecule has 2 bridgehead atoms. The number of hydrogen-bond acceptors (Lipinski definition) is 6. The molecular weight excluding hydrogens is 473 g/mol. The summed E-state index contributed by atoms with van der Waals surface area (Å²) < 4.78 is 14.6. The first-order valence-electron chi connectivity index (χ1n) is 4.85. The van der Waals surface area contributed by atoms with Gasteiger partial charge in [0.2, 0.25) is 0 Å². The third-order valence-corrected chi connectivity index (χ3v) is 22.2. The van der Waals surface area contributed by atoms with Gasteiger partial charge < -0.3 is 0 Å². The summed E-state index contributed by atoms with van der Waals surface area (Å²) in [7, 11) is 13.3. The van der Waals surface area contributed by atoms with Crippen LogP contribution in [0.2, 0.25) is 0 Å². The summed E-state index contributed by atoms with van der Waals surface area (Å²) in [5, 5.41) is 0. The summed E-state index contributed by atoms with van der Waals surface area (Å²) in [5.41, 5.74) is 0. The van der Waals surface area contributed by atoms with E-state index in [-0.39, 0.29) is 0 Å². The molecular formula is C6H18N6P2Te2. The fourth-order valence-electron chi connectivity index (χ4n) is 2.14. The van der Waals surface area contributed by atoms with Gasteiger partial charge in [-0.2, -0.15) is 0 Å². The summed E-state index contributed by atoms with van der Waals surface area (Å²) >= 11 is 4.52. The van der Waals surface area contributed by atoms with E-state index in [1.54, 1.807) is 0 Å². The van der Waals surface area contributed by atoms with Gasteiger partial charge in [0.05, 0.1) is 0 Å². The number of rotatable bonds is 0. The van der Waals surface area contributed by atoms with Gasteiger partial charge in [0, 0.05) is 0 Å². The van der Waals surface area contributed by atoms with Gasteiger partial charge in [-0.3, -0.25) is 0 Å². The molecule has 3 fully saturated rings. The molecule has 0 aromatic heterocycles. The fourth-order valence-corrected chi connectivity index (χ4v) is 17.1. The van der Waals surface area contributed by atoms with Gasteiger partial charge in [-0.15, -0.1) is 0 Å². The molecule has 0 aromatic rings. The topological polar surface area (TPSA) is 19.4 Å². The van der Waals surface area contributed by atoms with Crippen LogP contribution in [0, 0.1) is 0 Å². The van der Waals surface area contributed by atoms with Crippen molar-refractivity contribution >= 4 is 52.3 Å². The van der Waals surface area contributed by atoms with E-state index < -0.39 is 9.88 Å². The maximum atomic E-state index is 2.44. The van der Waals surface area contributed by atoms with Crippen molar-refractivity contribution in [3.05, 3.63) is 0 Å². The third-order valence-electron chi connectivity index (χ3n) is 3.52. The van der Waals surface area contributed by atoms with E-state index >= 15 is 0 Å². The van der Waals surface area contributed by atoms with E-state index in [1.807, 2.05) is 0 Å². The van der Waals surface area contributed by atoms with E-state index in [0.717, 1.165) is 0 Å². The zero-order valence-electron chi connectivity index (χ0n) is 10.4. The van der Waals surface area contributed by atoms with Crippen LogP contribution >= 0.6 is 9.88 Å². The maximum absolute atomic E-state index is 2.44. The molecule has 3 aliphatic rings. The van der Waals surface area contributed by atoms with Crippen molar-refractivity contribution in [2.24, 2.45) is 0 Å². The first kappa shape index (κ1) is 14.6. The van der Waals surface area contributed by atoms with Crippen molar-refractivity contribution in [3.63, 3.8) is 0 Å². The van der Waals surface area contributed by atoms with Crippen LogP contribution in [0.5, 0.6) is 0 Å². The van der Waals surface area contributed by atoms with Crippen LogP contribution in [0.25, 0.3) is 0 Å². The van der Waals surface area contributed by atoms with Crippen molar-refractivity contribution < 1.29 is 0 Å². The minimum absolute atomic E-state index is 1.45. The molecule has 3 saturated heterocycles. The van der Waals surface area contributed by atoms with Gasteiger partial charge >= 0.3 is 123 Å². The predicted molar refractivity (Wildman–Crippen MR) is 71.9 cm³/mol. The summed E-state index contributed by atoms with van der Waals surface area (Å²) in [6.07, 6.45) is 0. The monoisotopic (exact) mass is 496 g/mol. The van der Waals surface area contributed by atoms with Crippen molar-refractivity contribution in [3.8, 4) is 0 Å². The summed E-state index contributed by atoms with van der Waals surface area (Å²) in [5.74, 6) is 0. The average molecular weight is 491 g/mol. The Morgan fingerprint density at radius 3 is 0.750 bits per heavy atom. The van der Waals surface area contributed by atoms with E-state index in [0.29, 0.717) is 0 Å². The van der Waals surface area contributed by atoms with Crippen LogP contribution in [0.3, 0.4) is 0 Å². The summed E-state index contributed by atoms with van der Waals surface area (Å²) in [4.78, 5) is -2.89. The normalized spacial score (nSPS) is 45.6. The Balaban J connectivity index is 2.67. The van der Waals surface area contributed by atoms with E-state index in [9.17, 15) is 0 Å². The number of nitrogens with zero attached hydrogens (tertiary/aromatic N) is 6. The molecule has 0 saturated carbocycles. The zero-order chi connectivity index (χ0) is 12.5. The second kappa shape index (κ2) is 4.35. The van der Waals surface area contributed by atoms with Crippen LogP contribution in [-0.4, -0.2) is 113 Å². The molecule has 0 spiro atoms. The van der Waals surface area contributed by atoms with Gasteiger partial charge in [-0.1, -0.05) is 0 Å². The molecule has 3 rings (SSSR count). The Morgan fingerprint density at radius 2 is 0.625 bits per heavy atom. The number of hydrogen-bond donors (Lipinski definition) is 0. The summed E-state index contributed by atoms with van der Waals surface area (Å²) in [6.45, 7) is 0. The van der Waals surface area contributed by atoms with Crippen LogP contribution < -0.4 is 0 Å². The van der Waals surface area contributed by atoms with Crippen LogP contribution in [0.4, 0.5) is 0 Å². The molecule has 0 radical (unpaired) electrons. The van der Waals surface area contributed by atoms with Crippen molar-refractivity contribution in [2.75, 3.05) is 42.3 Å². The molecule has 16 heavy (non-hydrogen) atoms. The second-order valence-corrected chi connectivity index (χ2v) is 17.9. The molecule has 0 N–H and O–H groups in total. The Morgan fingerprint density at radius 1 is 0.500 bits per heavy atom. The van der Waals surface area contributed by atoms with Gasteiger partial charge in [-0.05, 0) is 0 Å². The van der Waals surface area contributed by atoms with Crippen molar-refractivity contribution in [1.29, 1.82) is 0 Å². The Labute approximate surface area is 122 Å². The van der Waals surface area contributed by atoms with Crippen LogP contribution in [0.1, 0.15) is 0 Å². The first-order chi connectivity index (χ1) is 7.20. The number of fused-ring (bicyclic) bond motifs is 3. The van der Waals surface area contributed by atoms with Crippen molar-refractivity contribution in [2.45, 2.75) is 0 Å². The molecule has 0 amide bonds. The first-order valence-corrected chi connectivity index (χ1v) is 14.2. The van der Waals surface area contributed by atoms with Crippen LogP contribution in [-0.2, 0) is 0 Å². The molecule has 3 heterocycles. The van der Waals surface area contributed by atoms with Crippen molar-refractivity contribution in [1.82, 2.24) is 28.7 Å². The zero-order valence-corrected chi connectivity index (χ0v) is 16.8. The van der Waals surface area contributed by atoms with Crippen LogP contribution in [0.15, 0.2) is 0 Å². The second-order valence-electron chi connectivity index (χ2n) is 3.96. The van der Waals surface area contributed by atoms with E-state index in [2.05, 4.69) is 113 Å². The van der Waals surface area contributed by atoms with Gasteiger partial charge in [0.15, 0.2) is 0 Å². The Kier molecular flexibility index (Phi) is 3.97. The van der Waals surface area contributed by atoms with Gasteiger partial charge in [-0.25, -0.2) is 0 Å². The van der Waals surface area contributed by atoms with Gasteiger partial charge in [0.1, 0.15) is 0 Å². The Hall–Kier alpha value is 2.20. The molecule has 0 atom stereocenters.